The zero-order valence-electron chi connectivity index (χ0n) is 13.6. The molecule has 0 aliphatic rings. The summed E-state index contributed by atoms with van der Waals surface area (Å²) in [7, 11) is -1.48. The van der Waals surface area contributed by atoms with Gasteiger partial charge in [-0.3, -0.25) is 0 Å². The normalized spacial score (nSPS) is 10.7. The molecular weight excluding hydrogens is 323 g/mol. The lowest BCUT2D eigenvalue weighted by Gasteiger charge is -2.07. The van der Waals surface area contributed by atoms with Crippen LogP contribution >= 0.6 is 0 Å². The molecule has 3 aromatic rings. The number of nitrogens with one attached hydrogen (secondary N) is 2. The number of hydrogen-bond donors (Lipinski definition) is 4. The summed E-state index contributed by atoms with van der Waals surface area (Å²) in [6, 6.07) is 6.87. The maximum Gasteiger partial charge on any atom is 0.488 e. The van der Waals surface area contributed by atoms with Gasteiger partial charge < -0.3 is 25.1 Å². The number of anilines is 1. The first-order valence-electron chi connectivity index (χ1n) is 7.78. The Labute approximate surface area is 144 Å². The summed E-state index contributed by atoms with van der Waals surface area (Å²) in [4.78, 5) is 23.3. The molecule has 1 aromatic carbocycles. The van der Waals surface area contributed by atoms with Crippen molar-refractivity contribution in [2.45, 2.75) is 13.5 Å². The van der Waals surface area contributed by atoms with E-state index < -0.39 is 13.1 Å². The van der Waals surface area contributed by atoms with Gasteiger partial charge in [-0.2, -0.15) is 0 Å². The van der Waals surface area contributed by atoms with Crippen LogP contribution in [-0.2, 0) is 11.3 Å². The number of nitrogens with zero attached hydrogens (tertiary/aromatic N) is 2. The van der Waals surface area contributed by atoms with Gasteiger partial charge in [-0.05, 0) is 17.9 Å². The SMILES string of the molecule is CCOC(=O)c1c[nH]c2c(NCc3ccc(B(O)O)cc3)ncnc12. The fraction of sp³-hybridized carbons (Fsp3) is 0.188. The van der Waals surface area contributed by atoms with Crippen LogP contribution < -0.4 is 10.8 Å². The number of ether oxygens (including phenoxy) is 1. The van der Waals surface area contributed by atoms with E-state index >= 15 is 0 Å². The molecule has 0 saturated heterocycles. The van der Waals surface area contributed by atoms with Gasteiger partial charge in [0, 0.05) is 12.7 Å². The maximum absolute atomic E-state index is 11.9. The molecule has 2 aromatic heterocycles. The van der Waals surface area contributed by atoms with Crippen LogP contribution in [-0.4, -0.2) is 44.7 Å². The largest absolute Gasteiger partial charge is 0.488 e. The standard InChI is InChI=1S/C16H17BN4O4/c1-2-25-16(22)12-8-18-14-13(12)20-9-21-15(14)19-7-10-3-5-11(6-4-10)17(23)24/h3-6,8-9,18,23-24H,2,7H2,1H3,(H,19,20,21). The molecule has 128 valence electrons. The number of hydrogen-bond acceptors (Lipinski definition) is 7. The molecule has 0 saturated carbocycles. The van der Waals surface area contributed by atoms with E-state index in [1.165, 1.54) is 6.33 Å². The summed E-state index contributed by atoms with van der Waals surface area (Å²) in [6.07, 6.45) is 2.94. The third kappa shape index (κ3) is 3.62. The second-order valence-electron chi connectivity index (χ2n) is 5.34. The van der Waals surface area contributed by atoms with Gasteiger partial charge in [0.1, 0.15) is 22.9 Å². The van der Waals surface area contributed by atoms with Crippen molar-refractivity contribution in [2.24, 2.45) is 0 Å². The van der Waals surface area contributed by atoms with Crippen molar-refractivity contribution < 1.29 is 19.6 Å². The van der Waals surface area contributed by atoms with E-state index in [2.05, 4.69) is 20.3 Å². The molecule has 3 rings (SSSR count). The maximum atomic E-state index is 11.9. The molecule has 0 radical (unpaired) electrons. The lowest BCUT2D eigenvalue weighted by molar-refractivity contribution is 0.0528. The number of aromatic amines is 1. The quantitative estimate of drug-likeness (QED) is 0.379. The van der Waals surface area contributed by atoms with Crippen LogP contribution in [0.4, 0.5) is 5.82 Å². The monoisotopic (exact) mass is 340 g/mol. The summed E-state index contributed by atoms with van der Waals surface area (Å²) in [5.74, 6) is 0.128. The van der Waals surface area contributed by atoms with Crippen LogP contribution in [0.25, 0.3) is 11.0 Å². The first-order chi connectivity index (χ1) is 12.1. The summed E-state index contributed by atoms with van der Waals surface area (Å²) >= 11 is 0. The average Bonchev–Trinajstić information content (AvgIpc) is 3.05. The molecule has 0 aliphatic heterocycles. The highest BCUT2D eigenvalue weighted by atomic mass is 16.5. The van der Waals surface area contributed by atoms with Crippen molar-refractivity contribution in [2.75, 3.05) is 11.9 Å². The van der Waals surface area contributed by atoms with Gasteiger partial charge in [0.05, 0.1) is 6.61 Å². The van der Waals surface area contributed by atoms with Crippen molar-refractivity contribution in [3.8, 4) is 0 Å². The summed E-state index contributed by atoms with van der Waals surface area (Å²) in [5.41, 5.74) is 2.84. The number of benzene rings is 1. The second kappa shape index (κ2) is 7.33. The fourth-order valence-electron chi connectivity index (χ4n) is 2.43. The number of H-pyrrole nitrogens is 1. The van der Waals surface area contributed by atoms with Crippen LogP contribution in [0.15, 0.2) is 36.8 Å². The Morgan fingerprint density at radius 1 is 1.28 bits per heavy atom. The van der Waals surface area contributed by atoms with Gasteiger partial charge in [0.25, 0.3) is 0 Å². The van der Waals surface area contributed by atoms with Gasteiger partial charge in [-0.15, -0.1) is 0 Å². The van der Waals surface area contributed by atoms with Crippen LogP contribution in [0.2, 0.25) is 0 Å². The van der Waals surface area contributed by atoms with E-state index in [1.807, 2.05) is 0 Å². The third-order valence-corrected chi connectivity index (χ3v) is 3.70. The molecule has 0 amide bonds. The van der Waals surface area contributed by atoms with Crippen molar-refractivity contribution in [1.29, 1.82) is 0 Å². The Morgan fingerprint density at radius 2 is 2.04 bits per heavy atom. The highest BCUT2D eigenvalue weighted by Gasteiger charge is 2.17. The summed E-state index contributed by atoms with van der Waals surface area (Å²) in [5, 5.41) is 21.4. The van der Waals surface area contributed by atoms with E-state index in [4.69, 9.17) is 14.8 Å². The molecule has 0 spiro atoms. The van der Waals surface area contributed by atoms with Crippen molar-refractivity contribution in [3.63, 3.8) is 0 Å². The van der Waals surface area contributed by atoms with E-state index in [0.29, 0.717) is 41.0 Å². The smallest absolute Gasteiger partial charge is 0.462 e. The number of carbonyl (C=O) groups is 1. The topological polar surface area (TPSA) is 120 Å². The summed E-state index contributed by atoms with van der Waals surface area (Å²) in [6.45, 7) is 2.51. The first-order valence-corrected chi connectivity index (χ1v) is 7.78. The van der Waals surface area contributed by atoms with Gasteiger partial charge in [-0.25, -0.2) is 14.8 Å². The van der Waals surface area contributed by atoms with Crippen LogP contribution in [0.1, 0.15) is 22.8 Å². The van der Waals surface area contributed by atoms with Gasteiger partial charge in [0.2, 0.25) is 0 Å². The Balaban J connectivity index is 1.79. The van der Waals surface area contributed by atoms with Gasteiger partial charge in [0.15, 0.2) is 5.82 Å². The van der Waals surface area contributed by atoms with Crippen LogP contribution in [0.3, 0.4) is 0 Å². The molecule has 2 heterocycles. The minimum atomic E-state index is -1.48. The van der Waals surface area contributed by atoms with Crippen LogP contribution in [0.5, 0.6) is 0 Å². The third-order valence-electron chi connectivity index (χ3n) is 3.70. The lowest BCUT2D eigenvalue weighted by Crippen LogP contribution is -2.29. The van der Waals surface area contributed by atoms with Crippen molar-refractivity contribution in [3.05, 3.63) is 47.9 Å². The van der Waals surface area contributed by atoms with E-state index in [9.17, 15) is 4.79 Å². The Morgan fingerprint density at radius 3 is 2.72 bits per heavy atom. The predicted molar refractivity (Wildman–Crippen MR) is 93.4 cm³/mol. The Kier molecular flexibility index (Phi) is 4.96. The molecule has 0 bridgehead atoms. The summed E-state index contributed by atoms with van der Waals surface area (Å²) < 4.78 is 5.01. The number of esters is 1. The highest BCUT2D eigenvalue weighted by Crippen LogP contribution is 2.22. The van der Waals surface area contributed by atoms with Crippen molar-refractivity contribution >= 4 is 35.4 Å². The Bertz CT molecular complexity index is 879. The minimum absolute atomic E-state index is 0.292. The fourth-order valence-corrected chi connectivity index (χ4v) is 2.43. The van der Waals surface area contributed by atoms with E-state index in [1.54, 1.807) is 37.4 Å². The minimum Gasteiger partial charge on any atom is -0.462 e. The first kappa shape index (κ1) is 16.9. The number of aromatic nitrogens is 3. The molecule has 0 fully saturated rings. The second-order valence-corrected chi connectivity index (χ2v) is 5.34. The molecular formula is C16H17BN4O4. The van der Waals surface area contributed by atoms with Crippen molar-refractivity contribution in [1.82, 2.24) is 15.0 Å². The predicted octanol–water partition coefficient (Wildman–Crippen LogP) is 0.426. The average molecular weight is 340 g/mol. The number of rotatable bonds is 6. The van der Waals surface area contributed by atoms with E-state index in [0.717, 1.165) is 5.56 Å². The zero-order valence-corrected chi connectivity index (χ0v) is 13.6. The molecule has 9 heteroatoms. The molecule has 0 atom stereocenters. The molecule has 25 heavy (non-hydrogen) atoms. The Hall–Kier alpha value is -2.91. The molecule has 0 aliphatic carbocycles. The molecule has 4 N–H and O–H groups in total. The lowest BCUT2D eigenvalue weighted by atomic mass is 9.80. The van der Waals surface area contributed by atoms with E-state index in [-0.39, 0.29) is 0 Å². The number of fused-ring (bicyclic) bond motifs is 1. The molecule has 8 nitrogen and oxygen atoms in total. The van der Waals surface area contributed by atoms with Gasteiger partial charge in [-0.1, -0.05) is 24.3 Å². The molecule has 0 unspecified atom stereocenters. The van der Waals surface area contributed by atoms with Gasteiger partial charge >= 0.3 is 13.1 Å². The number of carbonyl (C=O) groups excluding carboxylic acids is 1. The zero-order chi connectivity index (χ0) is 17.8. The highest BCUT2D eigenvalue weighted by molar-refractivity contribution is 6.58. The van der Waals surface area contributed by atoms with Crippen LogP contribution in [0, 0.1) is 0 Å².